The monoisotopic (exact) mass is 270 g/mol. The summed E-state index contributed by atoms with van der Waals surface area (Å²) in [4.78, 5) is 4.17. The van der Waals surface area contributed by atoms with Gasteiger partial charge in [-0.15, -0.1) is 0 Å². The third kappa shape index (κ3) is 2.63. The van der Waals surface area contributed by atoms with Crippen LogP contribution in [0.2, 0.25) is 0 Å². The maximum Gasteiger partial charge on any atom is 0.0504 e. The molecule has 0 unspecified atom stereocenters. The number of benzene rings is 1. The summed E-state index contributed by atoms with van der Waals surface area (Å²) in [5.41, 5.74) is 1.20. The first-order chi connectivity index (χ1) is 9.83. The maximum atomic E-state index is 9.78. The second kappa shape index (κ2) is 5.80. The van der Waals surface area contributed by atoms with Gasteiger partial charge in [0.1, 0.15) is 0 Å². The van der Waals surface area contributed by atoms with Gasteiger partial charge in [-0.25, -0.2) is 0 Å². The molecule has 1 saturated carbocycles. The number of anilines is 1. The molecule has 1 aliphatic carbocycles. The van der Waals surface area contributed by atoms with E-state index in [0.29, 0.717) is 0 Å². The van der Waals surface area contributed by atoms with Crippen LogP contribution in [-0.2, 0) is 0 Å². The summed E-state index contributed by atoms with van der Waals surface area (Å²) in [6.07, 6.45) is 9.76. The van der Waals surface area contributed by atoms with Crippen LogP contribution < -0.4 is 5.32 Å². The lowest BCUT2D eigenvalue weighted by Crippen LogP contribution is -2.35. The third-order valence-corrected chi connectivity index (χ3v) is 4.58. The third-order valence-electron chi connectivity index (χ3n) is 4.58. The van der Waals surface area contributed by atoms with E-state index in [2.05, 4.69) is 28.5 Å². The molecule has 2 N–H and O–H groups in total. The van der Waals surface area contributed by atoms with Crippen molar-refractivity contribution in [3.8, 4) is 0 Å². The fraction of sp³-hybridized carbons (Fsp3) is 0.471. The predicted octanol–water partition coefficient (Wildman–Crippen LogP) is 3.59. The Morgan fingerprint density at radius 1 is 1.15 bits per heavy atom. The Balaban J connectivity index is 1.79. The normalized spacial score (nSPS) is 18.1. The van der Waals surface area contributed by atoms with Crippen LogP contribution in [-0.4, -0.2) is 23.2 Å². The van der Waals surface area contributed by atoms with Gasteiger partial charge in [0.05, 0.1) is 6.61 Å². The number of aliphatic hydroxyl groups is 1. The molecule has 0 atom stereocenters. The Hall–Kier alpha value is -1.61. The molecule has 0 aliphatic heterocycles. The molecule has 3 heteroatoms. The number of rotatable bonds is 4. The Kier molecular flexibility index (Phi) is 3.88. The van der Waals surface area contributed by atoms with E-state index in [-0.39, 0.29) is 12.0 Å². The van der Waals surface area contributed by atoms with Crippen molar-refractivity contribution in [2.75, 3.05) is 18.5 Å². The summed E-state index contributed by atoms with van der Waals surface area (Å²) >= 11 is 0. The van der Waals surface area contributed by atoms with Crippen molar-refractivity contribution in [3.63, 3.8) is 0 Å². The van der Waals surface area contributed by atoms with Gasteiger partial charge < -0.3 is 10.4 Å². The molecule has 1 heterocycles. The highest BCUT2D eigenvalue weighted by Crippen LogP contribution is 2.36. The Morgan fingerprint density at radius 3 is 2.80 bits per heavy atom. The molecule has 106 valence electrons. The van der Waals surface area contributed by atoms with Crippen LogP contribution in [0.25, 0.3) is 10.8 Å². The van der Waals surface area contributed by atoms with Crippen molar-refractivity contribution in [1.82, 2.24) is 4.98 Å². The number of nitrogens with zero attached hydrogens (tertiary/aromatic N) is 1. The number of nitrogens with one attached hydrogen (secondary N) is 1. The van der Waals surface area contributed by atoms with Crippen molar-refractivity contribution < 1.29 is 5.11 Å². The highest BCUT2D eigenvalue weighted by molar-refractivity contribution is 5.93. The summed E-state index contributed by atoms with van der Waals surface area (Å²) < 4.78 is 0. The molecule has 3 nitrogen and oxygen atoms in total. The van der Waals surface area contributed by atoms with Crippen LogP contribution in [0, 0.1) is 5.41 Å². The van der Waals surface area contributed by atoms with Crippen molar-refractivity contribution in [1.29, 1.82) is 0 Å². The maximum absolute atomic E-state index is 9.78. The molecule has 0 bridgehead atoms. The minimum atomic E-state index is 0.0629. The lowest BCUT2D eigenvalue weighted by atomic mass is 9.74. The van der Waals surface area contributed by atoms with Gasteiger partial charge in [0.25, 0.3) is 0 Å². The van der Waals surface area contributed by atoms with Gasteiger partial charge in [0.15, 0.2) is 0 Å². The highest BCUT2D eigenvalue weighted by atomic mass is 16.3. The number of fused-ring (bicyclic) bond motifs is 1. The van der Waals surface area contributed by atoms with Gasteiger partial charge in [-0.1, -0.05) is 31.4 Å². The van der Waals surface area contributed by atoms with E-state index in [0.717, 1.165) is 30.5 Å². The Bertz CT molecular complexity index is 571. The van der Waals surface area contributed by atoms with E-state index < -0.39 is 0 Å². The van der Waals surface area contributed by atoms with E-state index in [1.807, 2.05) is 18.5 Å². The standard InChI is InChI=1S/C17H22N2O/c20-13-17(8-2-1-3-9-17)12-19-16-6-4-5-14-11-18-10-7-15(14)16/h4-7,10-11,19-20H,1-3,8-9,12-13H2. The second-order valence-corrected chi connectivity index (χ2v) is 5.97. The molecule has 1 aromatic heterocycles. The molecule has 1 aliphatic rings. The molecule has 0 spiro atoms. The molecular weight excluding hydrogens is 248 g/mol. The molecule has 2 aromatic rings. The largest absolute Gasteiger partial charge is 0.396 e. The number of pyridine rings is 1. The smallest absolute Gasteiger partial charge is 0.0504 e. The SMILES string of the molecule is OCC1(CNc2cccc3cnccc23)CCCCC1. The lowest BCUT2D eigenvalue weighted by molar-refractivity contribution is 0.0944. The van der Waals surface area contributed by atoms with Crippen LogP contribution in [0.5, 0.6) is 0 Å². The molecule has 0 amide bonds. The first-order valence-electron chi connectivity index (χ1n) is 7.51. The van der Waals surface area contributed by atoms with E-state index in [1.165, 1.54) is 24.6 Å². The number of aromatic nitrogens is 1. The summed E-state index contributed by atoms with van der Waals surface area (Å²) in [7, 11) is 0. The zero-order valence-electron chi connectivity index (χ0n) is 11.8. The number of hydrogen-bond acceptors (Lipinski definition) is 3. The average Bonchev–Trinajstić information content (AvgIpc) is 2.54. The van der Waals surface area contributed by atoms with Gasteiger partial charge in [-0.2, -0.15) is 0 Å². The van der Waals surface area contributed by atoms with Crippen LogP contribution in [0.1, 0.15) is 32.1 Å². The Morgan fingerprint density at radius 2 is 2.00 bits per heavy atom. The topological polar surface area (TPSA) is 45.1 Å². The van der Waals surface area contributed by atoms with Crippen molar-refractivity contribution >= 4 is 16.5 Å². The molecule has 1 aromatic carbocycles. The Labute approximate surface area is 120 Å². The molecule has 20 heavy (non-hydrogen) atoms. The van der Waals surface area contributed by atoms with Gasteiger partial charge in [0, 0.05) is 40.8 Å². The lowest BCUT2D eigenvalue weighted by Gasteiger charge is -2.36. The van der Waals surface area contributed by atoms with E-state index >= 15 is 0 Å². The first kappa shape index (κ1) is 13.4. The minimum Gasteiger partial charge on any atom is -0.396 e. The van der Waals surface area contributed by atoms with Crippen molar-refractivity contribution in [2.45, 2.75) is 32.1 Å². The van der Waals surface area contributed by atoms with Gasteiger partial charge in [0.2, 0.25) is 0 Å². The van der Waals surface area contributed by atoms with Crippen molar-refractivity contribution in [2.24, 2.45) is 5.41 Å². The van der Waals surface area contributed by atoms with Crippen LogP contribution >= 0.6 is 0 Å². The molecule has 3 rings (SSSR count). The van der Waals surface area contributed by atoms with Crippen molar-refractivity contribution in [3.05, 3.63) is 36.7 Å². The second-order valence-electron chi connectivity index (χ2n) is 5.97. The summed E-state index contributed by atoms with van der Waals surface area (Å²) in [6.45, 7) is 1.14. The van der Waals surface area contributed by atoms with Gasteiger partial charge in [-0.05, 0) is 25.0 Å². The minimum absolute atomic E-state index is 0.0629. The molecule has 1 fully saturated rings. The van der Waals surface area contributed by atoms with E-state index in [1.54, 1.807) is 0 Å². The van der Waals surface area contributed by atoms with E-state index in [4.69, 9.17) is 0 Å². The number of aliphatic hydroxyl groups excluding tert-OH is 1. The number of hydrogen-bond donors (Lipinski definition) is 2. The van der Waals surface area contributed by atoms with Crippen LogP contribution in [0.4, 0.5) is 5.69 Å². The van der Waals surface area contributed by atoms with Gasteiger partial charge in [-0.3, -0.25) is 4.98 Å². The molecule has 0 radical (unpaired) electrons. The van der Waals surface area contributed by atoms with Crippen LogP contribution in [0.15, 0.2) is 36.7 Å². The van der Waals surface area contributed by atoms with E-state index in [9.17, 15) is 5.11 Å². The predicted molar refractivity (Wildman–Crippen MR) is 82.8 cm³/mol. The quantitative estimate of drug-likeness (QED) is 0.892. The average molecular weight is 270 g/mol. The summed E-state index contributed by atoms with van der Waals surface area (Å²) in [5.74, 6) is 0. The summed E-state index contributed by atoms with van der Waals surface area (Å²) in [5, 5.41) is 15.7. The van der Waals surface area contributed by atoms with Crippen LogP contribution in [0.3, 0.4) is 0 Å². The van der Waals surface area contributed by atoms with Gasteiger partial charge >= 0.3 is 0 Å². The fourth-order valence-electron chi connectivity index (χ4n) is 3.25. The first-order valence-corrected chi connectivity index (χ1v) is 7.51. The zero-order valence-corrected chi connectivity index (χ0v) is 11.8. The molecular formula is C17H22N2O. The summed E-state index contributed by atoms with van der Waals surface area (Å²) in [6, 6.07) is 8.29. The molecule has 0 saturated heterocycles. The fourth-order valence-corrected chi connectivity index (χ4v) is 3.25. The highest BCUT2D eigenvalue weighted by Gasteiger charge is 2.31. The zero-order chi connectivity index (χ0) is 13.8.